The molecule has 1 nitrogen and oxygen atoms in total. The fourth-order valence-corrected chi connectivity index (χ4v) is 1.73. The molecule has 0 amide bonds. The van der Waals surface area contributed by atoms with E-state index in [1.807, 2.05) is 6.07 Å². The van der Waals surface area contributed by atoms with Gasteiger partial charge in [0.05, 0.1) is 6.61 Å². The van der Waals surface area contributed by atoms with Crippen molar-refractivity contribution in [3.63, 3.8) is 0 Å². The molecule has 0 fully saturated rings. The van der Waals surface area contributed by atoms with Crippen molar-refractivity contribution in [3.8, 4) is 0 Å². The number of thiophene rings is 1. The molecular formula is C5H8OSSi. The second-order valence-corrected chi connectivity index (χ2v) is 3.12. The van der Waals surface area contributed by atoms with Gasteiger partial charge < -0.3 is 4.43 Å². The van der Waals surface area contributed by atoms with Crippen molar-refractivity contribution in [2.45, 2.75) is 6.61 Å². The minimum atomic E-state index is 0.809. The molecule has 0 aliphatic rings. The van der Waals surface area contributed by atoms with Crippen LogP contribution in [0.15, 0.2) is 17.5 Å². The van der Waals surface area contributed by atoms with Gasteiger partial charge in [-0.25, -0.2) is 0 Å². The highest BCUT2D eigenvalue weighted by molar-refractivity contribution is 7.09. The second kappa shape index (κ2) is 3.01. The van der Waals surface area contributed by atoms with Crippen molar-refractivity contribution in [3.05, 3.63) is 22.4 Å². The summed E-state index contributed by atoms with van der Waals surface area (Å²) in [6.07, 6.45) is 0. The molecule has 0 saturated heterocycles. The van der Waals surface area contributed by atoms with Crippen LogP contribution in [-0.2, 0) is 11.0 Å². The van der Waals surface area contributed by atoms with Gasteiger partial charge in [0, 0.05) is 4.88 Å². The molecule has 0 aliphatic carbocycles. The van der Waals surface area contributed by atoms with Gasteiger partial charge in [0.15, 0.2) is 0 Å². The largest absolute Gasteiger partial charge is 0.423 e. The molecule has 0 spiro atoms. The van der Waals surface area contributed by atoms with E-state index in [1.54, 1.807) is 11.3 Å². The summed E-state index contributed by atoms with van der Waals surface area (Å²) in [6.45, 7) is 0.809. The maximum absolute atomic E-state index is 5.04. The number of rotatable bonds is 2. The third-order valence-corrected chi connectivity index (χ3v) is 2.01. The van der Waals surface area contributed by atoms with E-state index in [-0.39, 0.29) is 0 Å². The van der Waals surface area contributed by atoms with Gasteiger partial charge in [0.1, 0.15) is 10.5 Å². The normalized spacial score (nSPS) is 10.0. The Bertz CT molecular complexity index is 138. The van der Waals surface area contributed by atoms with Crippen LogP contribution in [0.1, 0.15) is 4.88 Å². The topological polar surface area (TPSA) is 9.23 Å². The molecule has 1 aromatic heterocycles. The van der Waals surface area contributed by atoms with Gasteiger partial charge in [-0.3, -0.25) is 0 Å². The molecule has 0 aromatic carbocycles. The van der Waals surface area contributed by atoms with Crippen LogP contribution in [0.5, 0.6) is 0 Å². The highest BCUT2D eigenvalue weighted by atomic mass is 32.1. The zero-order valence-corrected chi connectivity index (χ0v) is 7.57. The quantitative estimate of drug-likeness (QED) is 0.551. The first-order chi connectivity index (χ1) is 3.93. The van der Waals surface area contributed by atoms with Crippen LogP contribution in [0.25, 0.3) is 0 Å². The molecule has 0 atom stereocenters. The number of hydrogen-bond acceptors (Lipinski definition) is 2. The van der Waals surface area contributed by atoms with Gasteiger partial charge in [0.2, 0.25) is 0 Å². The summed E-state index contributed by atoms with van der Waals surface area (Å²) in [6, 6.07) is 4.13. The summed E-state index contributed by atoms with van der Waals surface area (Å²) in [7, 11) is 0.842. The van der Waals surface area contributed by atoms with E-state index in [9.17, 15) is 0 Å². The lowest BCUT2D eigenvalue weighted by Gasteiger charge is -1.89. The van der Waals surface area contributed by atoms with Gasteiger partial charge in [-0.05, 0) is 11.4 Å². The monoisotopic (exact) mass is 144 g/mol. The molecule has 0 aliphatic heterocycles. The highest BCUT2D eigenvalue weighted by Crippen LogP contribution is 2.08. The van der Waals surface area contributed by atoms with E-state index in [4.69, 9.17) is 4.43 Å². The molecule has 0 saturated carbocycles. The fraction of sp³-hybridized carbons (Fsp3) is 0.200. The van der Waals surface area contributed by atoms with Crippen LogP contribution in [-0.4, -0.2) is 10.5 Å². The zero-order chi connectivity index (χ0) is 5.82. The van der Waals surface area contributed by atoms with Crippen LogP contribution in [0.2, 0.25) is 0 Å². The van der Waals surface area contributed by atoms with Gasteiger partial charge in [-0.15, -0.1) is 11.3 Å². The van der Waals surface area contributed by atoms with Crippen molar-refractivity contribution in [1.82, 2.24) is 0 Å². The average Bonchev–Trinajstić information content (AvgIpc) is 2.19. The molecule has 1 rings (SSSR count). The predicted molar refractivity (Wildman–Crippen MR) is 39.0 cm³/mol. The minimum absolute atomic E-state index is 0.809. The van der Waals surface area contributed by atoms with Gasteiger partial charge >= 0.3 is 0 Å². The summed E-state index contributed by atoms with van der Waals surface area (Å²) in [5.74, 6) is 0. The van der Waals surface area contributed by atoms with Gasteiger partial charge in [0.25, 0.3) is 0 Å². The molecule has 1 aromatic rings. The van der Waals surface area contributed by atoms with Crippen molar-refractivity contribution < 1.29 is 4.43 Å². The molecule has 3 heteroatoms. The Morgan fingerprint density at radius 3 is 3.12 bits per heavy atom. The van der Waals surface area contributed by atoms with Crippen molar-refractivity contribution in [2.24, 2.45) is 0 Å². The smallest absolute Gasteiger partial charge is 0.146 e. The lowest BCUT2D eigenvalue weighted by molar-refractivity contribution is 0.342. The molecule has 0 radical (unpaired) electrons. The highest BCUT2D eigenvalue weighted by Gasteiger charge is 1.86. The Balaban J connectivity index is 2.50. The fourth-order valence-electron chi connectivity index (χ4n) is 0.537. The summed E-state index contributed by atoms with van der Waals surface area (Å²) in [5, 5.41) is 2.07. The lowest BCUT2D eigenvalue weighted by Crippen LogP contribution is -1.81. The van der Waals surface area contributed by atoms with Crippen LogP contribution < -0.4 is 0 Å². The third-order valence-electron chi connectivity index (χ3n) is 0.867. The van der Waals surface area contributed by atoms with Gasteiger partial charge in [-0.1, -0.05) is 6.07 Å². The molecule has 8 heavy (non-hydrogen) atoms. The van der Waals surface area contributed by atoms with Crippen LogP contribution in [0.3, 0.4) is 0 Å². The van der Waals surface area contributed by atoms with E-state index in [0.717, 1.165) is 17.1 Å². The van der Waals surface area contributed by atoms with E-state index in [2.05, 4.69) is 11.4 Å². The maximum atomic E-state index is 5.04. The Morgan fingerprint density at radius 1 is 1.75 bits per heavy atom. The Hall–Kier alpha value is -0.123. The number of hydrogen-bond donors (Lipinski definition) is 0. The van der Waals surface area contributed by atoms with Crippen LogP contribution >= 0.6 is 11.3 Å². The third kappa shape index (κ3) is 1.43. The first kappa shape index (κ1) is 6.00. The van der Waals surface area contributed by atoms with E-state index >= 15 is 0 Å². The minimum Gasteiger partial charge on any atom is -0.423 e. The molecular weight excluding hydrogens is 136 g/mol. The van der Waals surface area contributed by atoms with Crippen LogP contribution in [0.4, 0.5) is 0 Å². The second-order valence-electron chi connectivity index (χ2n) is 1.51. The molecule has 0 N–H and O–H groups in total. The lowest BCUT2D eigenvalue weighted by atomic mass is 10.5. The zero-order valence-electron chi connectivity index (χ0n) is 4.76. The summed E-state index contributed by atoms with van der Waals surface area (Å²) < 4.78 is 5.04. The Kier molecular flexibility index (Phi) is 2.26. The van der Waals surface area contributed by atoms with Crippen LogP contribution in [0, 0.1) is 0 Å². The van der Waals surface area contributed by atoms with E-state index in [0.29, 0.717) is 0 Å². The summed E-state index contributed by atoms with van der Waals surface area (Å²) >= 11 is 1.74. The molecule has 44 valence electrons. The van der Waals surface area contributed by atoms with Crippen molar-refractivity contribution >= 4 is 21.8 Å². The van der Waals surface area contributed by atoms with Gasteiger partial charge in [-0.2, -0.15) is 0 Å². The summed E-state index contributed by atoms with van der Waals surface area (Å²) in [4.78, 5) is 1.32. The van der Waals surface area contributed by atoms with Crippen molar-refractivity contribution in [2.75, 3.05) is 0 Å². The first-order valence-electron chi connectivity index (χ1n) is 2.45. The van der Waals surface area contributed by atoms with Crippen molar-refractivity contribution in [1.29, 1.82) is 0 Å². The summed E-state index contributed by atoms with van der Waals surface area (Å²) in [5.41, 5.74) is 0. The SMILES string of the molecule is [SiH3]OCc1cccs1. The standard InChI is InChI=1S/C5H8OSSi/c8-6-4-5-2-1-3-7-5/h1-3H,4H2,8H3. The first-order valence-corrected chi connectivity index (χ1v) is 4.14. The molecule has 0 bridgehead atoms. The Morgan fingerprint density at radius 2 is 2.62 bits per heavy atom. The Labute approximate surface area is 55.8 Å². The maximum Gasteiger partial charge on any atom is 0.146 e. The molecule has 1 heterocycles. The molecule has 0 unspecified atom stereocenters. The van der Waals surface area contributed by atoms with E-state index < -0.39 is 0 Å². The predicted octanol–water partition coefficient (Wildman–Crippen LogP) is 0.545. The average molecular weight is 144 g/mol. The van der Waals surface area contributed by atoms with E-state index in [1.165, 1.54) is 4.88 Å².